The molecule has 0 amide bonds. The molecule has 0 unspecified atom stereocenters. The number of nitrogen functional groups attached to an aromatic ring is 1. The second-order valence-corrected chi connectivity index (χ2v) is 5.25. The normalized spacial score (nSPS) is 11.2. The monoisotopic (exact) mass is 257 g/mol. The molecule has 1 aromatic carbocycles. The summed E-state index contributed by atoms with van der Waals surface area (Å²) in [7, 11) is 0. The van der Waals surface area contributed by atoms with Crippen molar-refractivity contribution in [1.82, 2.24) is 9.97 Å². The fourth-order valence-electron chi connectivity index (χ4n) is 2.32. The second-order valence-electron chi connectivity index (χ2n) is 4.36. The fourth-order valence-corrected chi connectivity index (χ4v) is 2.88. The number of nitrogens with one attached hydrogen (secondary N) is 1. The number of thiazole rings is 1. The van der Waals surface area contributed by atoms with Gasteiger partial charge in [-0.1, -0.05) is 31.5 Å². The van der Waals surface area contributed by atoms with Crippen molar-refractivity contribution in [2.24, 2.45) is 0 Å². The van der Waals surface area contributed by atoms with Gasteiger partial charge in [0, 0.05) is 28.0 Å². The molecule has 3 nitrogen and oxygen atoms in total. The zero-order chi connectivity index (χ0) is 12.5. The molecule has 92 valence electrons. The third-order valence-corrected chi connectivity index (χ3v) is 3.79. The SMILES string of the molecule is CCCc1cccc2c(-c3csc(N)n3)c[nH]c12. The van der Waals surface area contributed by atoms with Crippen molar-refractivity contribution in [3.8, 4) is 11.3 Å². The quantitative estimate of drug-likeness (QED) is 0.749. The van der Waals surface area contributed by atoms with E-state index in [-0.39, 0.29) is 0 Å². The first-order valence-corrected chi connectivity index (χ1v) is 6.98. The summed E-state index contributed by atoms with van der Waals surface area (Å²) in [6, 6.07) is 6.43. The lowest BCUT2D eigenvalue weighted by atomic mass is 10.0. The lowest BCUT2D eigenvalue weighted by Crippen LogP contribution is -1.85. The smallest absolute Gasteiger partial charge is 0.180 e. The topological polar surface area (TPSA) is 54.7 Å². The minimum absolute atomic E-state index is 0.615. The first-order chi connectivity index (χ1) is 8.79. The van der Waals surface area contributed by atoms with Crippen LogP contribution < -0.4 is 5.73 Å². The largest absolute Gasteiger partial charge is 0.375 e. The van der Waals surface area contributed by atoms with Crippen molar-refractivity contribution < 1.29 is 0 Å². The van der Waals surface area contributed by atoms with Gasteiger partial charge in [-0.25, -0.2) is 4.98 Å². The minimum Gasteiger partial charge on any atom is -0.375 e. The van der Waals surface area contributed by atoms with E-state index < -0.39 is 0 Å². The van der Waals surface area contributed by atoms with Gasteiger partial charge < -0.3 is 10.7 Å². The number of benzene rings is 1. The average molecular weight is 257 g/mol. The average Bonchev–Trinajstić information content (AvgIpc) is 2.96. The number of H-pyrrole nitrogens is 1. The van der Waals surface area contributed by atoms with Gasteiger partial charge >= 0.3 is 0 Å². The van der Waals surface area contributed by atoms with Crippen LogP contribution in [0.4, 0.5) is 5.13 Å². The molecule has 0 radical (unpaired) electrons. The maximum Gasteiger partial charge on any atom is 0.180 e. The summed E-state index contributed by atoms with van der Waals surface area (Å²) in [5, 5.41) is 3.85. The van der Waals surface area contributed by atoms with Crippen LogP contribution in [0.2, 0.25) is 0 Å². The second kappa shape index (κ2) is 4.46. The summed E-state index contributed by atoms with van der Waals surface area (Å²) in [6.45, 7) is 2.20. The van der Waals surface area contributed by atoms with E-state index in [1.54, 1.807) is 0 Å². The molecular weight excluding hydrogens is 242 g/mol. The van der Waals surface area contributed by atoms with Crippen LogP contribution in [0, 0.1) is 0 Å². The zero-order valence-corrected chi connectivity index (χ0v) is 11.1. The number of anilines is 1. The summed E-state index contributed by atoms with van der Waals surface area (Å²) in [5.41, 5.74) is 10.4. The van der Waals surface area contributed by atoms with Gasteiger partial charge in [0.1, 0.15) is 0 Å². The third kappa shape index (κ3) is 1.78. The molecule has 18 heavy (non-hydrogen) atoms. The molecule has 0 atom stereocenters. The molecule has 0 saturated carbocycles. The Labute approximate surface area is 110 Å². The predicted octanol–water partition coefficient (Wildman–Crippen LogP) is 3.83. The molecule has 0 bridgehead atoms. The lowest BCUT2D eigenvalue weighted by molar-refractivity contribution is 0.927. The van der Waals surface area contributed by atoms with Gasteiger partial charge in [0.15, 0.2) is 5.13 Å². The Morgan fingerprint density at radius 3 is 3.00 bits per heavy atom. The summed E-state index contributed by atoms with van der Waals surface area (Å²) >= 11 is 1.48. The van der Waals surface area contributed by atoms with E-state index in [2.05, 4.69) is 35.1 Å². The van der Waals surface area contributed by atoms with Crippen molar-refractivity contribution in [1.29, 1.82) is 0 Å². The highest BCUT2D eigenvalue weighted by atomic mass is 32.1. The van der Waals surface area contributed by atoms with Crippen molar-refractivity contribution in [2.45, 2.75) is 19.8 Å². The molecule has 0 aliphatic carbocycles. The number of hydrogen-bond donors (Lipinski definition) is 2. The van der Waals surface area contributed by atoms with Crippen LogP contribution >= 0.6 is 11.3 Å². The Hall–Kier alpha value is -1.81. The molecule has 3 rings (SSSR count). The number of fused-ring (bicyclic) bond motifs is 1. The molecule has 0 spiro atoms. The lowest BCUT2D eigenvalue weighted by Gasteiger charge is -2.01. The van der Waals surface area contributed by atoms with Crippen LogP contribution in [-0.2, 0) is 6.42 Å². The maximum absolute atomic E-state index is 5.70. The van der Waals surface area contributed by atoms with Crippen LogP contribution in [0.1, 0.15) is 18.9 Å². The number of para-hydroxylation sites is 1. The highest BCUT2D eigenvalue weighted by molar-refractivity contribution is 7.13. The van der Waals surface area contributed by atoms with E-state index in [4.69, 9.17) is 5.73 Å². The van der Waals surface area contributed by atoms with Crippen LogP contribution in [-0.4, -0.2) is 9.97 Å². The van der Waals surface area contributed by atoms with E-state index in [1.807, 2.05) is 11.6 Å². The molecule has 0 saturated heterocycles. The Kier molecular flexibility index (Phi) is 2.80. The van der Waals surface area contributed by atoms with Gasteiger partial charge in [0.25, 0.3) is 0 Å². The predicted molar refractivity (Wildman–Crippen MR) is 77.8 cm³/mol. The van der Waals surface area contributed by atoms with Crippen molar-refractivity contribution in [2.75, 3.05) is 5.73 Å². The fraction of sp³-hybridized carbons (Fsp3) is 0.214. The Balaban J connectivity index is 2.17. The van der Waals surface area contributed by atoms with Crippen molar-refractivity contribution >= 4 is 27.4 Å². The molecule has 4 heteroatoms. The molecular formula is C14H15N3S. The molecule has 3 aromatic rings. The molecule has 0 aliphatic rings. The van der Waals surface area contributed by atoms with Gasteiger partial charge in [0.2, 0.25) is 0 Å². The van der Waals surface area contributed by atoms with Crippen molar-refractivity contribution in [3.63, 3.8) is 0 Å². The first kappa shape index (κ1) is 11.3. The van der Waals surface area contributed by atoms with Crippen LogP contribution in [0.25, 0.3) is 22.2 Å². The zero-order valence-electron chi connectivity index (χ0n) is 10.2. The van der Waals surface area contributed by atoms with Gasteiger partial charge in [-0.3, -0.25) is 0 Å². The van der Waals surface area contributed by atoms with Gasteiger partial charge in [-0.15, -0.1) is 11.3 Å². The van der Waals surface area contributed by atoms with Crippen LogP contribution in [0.3, 0.4) is 0 Å². The van der Waals surface area contributed by atoms with Crippen LogP contribution in [0.5, 0.6) is 0 Å². The van der Waals surface area contributed by atoms with Gasteiger partial charge in [0.05, 0.1) is 5.69 Å². The summed E-state index contributed by atoms with van der Waals surface area (Å²) in [4.78, 5) is 7.73. The Morgan fingerprint density at radius 1 is 1.39 bits per heavy atom. The van der Waals surface area contributed by atoms with E-state index in [0.29, 0.717) is 5.13 Å². The van der Waals surface area contributed by atoms with Crippen molar-refractivity contribution in [3.05, 3.63) is 35.3 Å². The van der Waals surface area contributed by atoms with Crippen LogP contribution in [0.15, 0.2) is 29.8 Å². The number of rotatable bonds is 3. The molecule has 0 aliphatic heterocycles. The summed E-state index contributed by atoms with van der Waals surface area (Å²) in [6.07, 6.45) is 4.27. The number of aromatic nitrogens is 2. The van der Waals surface area contributed by atoms with Gasteiger partial charge in [-0.2, -0.15) is 0 Å². The standard InChI is InChI=1S/C14H15N3S/c1-2-4-9-5-3-6-10-11(7-16-13(9)10)12-8-18-14(15)17-12/h3,5-8,16H,2,4H2,1H3,(H2,15,17). The highest BCUT2D eigenvalue weighted by Crippen LogP contribution is 2.31. The number of nitrogens with two attached hydrogens (primary N) is 1. The maximum atomic E-state index is 5.70. The Bertz CT molecular complexity index is 681. The summed E-state index contributed by atoms with van der Waals surface area (Å²) in [5.74, 6) is 0. The van der Waals surface area contributed by atoms with E-state index in [1.165, 1.54) is 27.8 Å². The molecule has 2 heterocycles. The molecule has 3 N–H and O–H groups in total. The number of aryl methyl sites for hydroxylation is 1. The van der Waals surface area contributed by atoms with E-state index in [9.17, 15) is 0 Å². The molecule has 0 fully saturated rings. The Morgan fingerprint density at radius 2 is 2.28 bits per heavy atom. The first-order valence-electron chi connectivity index (χ1n) is 6.10. The number of nitrogens with zero attached hydrogens (tertiary/aromatic N) is 1. The van der Waals surface area contributed by atoms with E-state index in [0.717, 1.165) is 24.1 Å². The number of hydrogen-bond acceptors (Lipinski definition) is 3. The third-order valence-electron chi connectivity index (χ3n) is 3.12. The highest BCUT2D eigenvalue weighted by Gasteiger charge is 2.10. The molecule has 2 aromatic heterocycles. The van der Waals surface area contributed by atoms with Gasteiger partial charge in [-0.05, 0) is 12.0 Å². The number of aromatic amines is 1. The van der Waals surface area contributed by atoms with E-state index >= 15 is 0 Å². The minimum atomic E-state index is 0.615. The summed E-state index contributed by atoms with van der Waals surface area (Å²) < 4.78 is 0.